The van der Waals surface area contributed by atoms with Crippen molar-refractivity contribution in [1.82, 2.24) is 0 Å². The summed E-state index contributed by atoms with van der Waals surface area (Å²) in [5, 5.41) is 0.592. The molecule has 0 spiro atoms. The fourth-order valence-electron chi connectivity index (χ4n) is 2.75. The summed E-state index contributed by atoms with van der Waals surface area (Å²) in [7, 11) is 4.58. The summed E-state index contributed by atoms with van der Waals surface area (Å²) >= 11 is 0. The molecule has 0 atom stereocenters. The van der Waals surface area contributed by atoms with Crippen molar-refractivity contribution in [2.45, 2.75) is 6.61 Å². The van der Waals surface area contributed by atoms with E-state index in [1.807, 2.05) is 12.1 Å². The minimum Gasteiger partial charge on any atom is -0.497 e. The van der Waals surface area contributed by atoms with E-state index in [0.29, 0.717) is 28.0 Å². The maximum atomic E-state index is 12.1. The second kappa shape index (κ2) is 8.97. The van der Waals surface area contributed by atoms with Gasteiger partial charge in [0, 0.05) is 29.2 Å². The van der Waals surface area contributed by atoms with Crippen LogP contribution >= 0.6 is 0 Å². The standard InChI is InChI=1S/C22H20O7/c1-25-16-7-4-14(5-8-16)6-9-21(23)28-13-15-10-22(24)29-18-12-20(27-3)19(26-2)11-17(15)18/h4-12H,13H2,1-3H3/b9-6+. The van der Waals surface area contributed by atoms with Gasteiger partial charge in [0.2, 0.25) is 0 Å². The van der Waals surface area contributed by atoms with Gasteiger partial charge in [-0.25, -0.2) is 9.59 Å². The molecule has 0 saturated carbocycles. The Morgan fingerprint density at radius 3 is 2.31 bits per heavy atom. The highest BCUT2D eigenvalue weighted by atomic mass is 16.5. The van der Waals surface area contributed by atoms with E-state index in [2.05, 4.69) is 0 Å². The molecule has 0 bridgehead atoms. The van der Waals surface area contributed by atoms with Gasteiger partial charge in [0.1, 0.15) is 17.9 Å². The SMILES string of the molecule is COc1ccc(/C=C/C(=O)OCc2cc(=O)oc3cc(OC)c(OC)cc23)cc1. The van der Waals surface area contributed by atoms with Crippen molar-refractivity contribution in [2.75, 3.05) is 21.3 Å². The Hall–Kier alpha value is -3.74. The Labute approximate surface area is 167 Å². The van der Waals surface area contributed by atoms with Gasteiger partial charge in [-0.1, -0.05) is 12.1 Å². The third kappa shape index (κ3) is 4.76. The van der Waals surface area contributed by atoms with Gasteiger partial charge in [0.15, 0.2) is 11.5 Å². The second-order valence-corrected chi connectivity index (χ2v) is 6.01. The zero-order valence-corrected chi connectivity index (χ0v) is 16.3. The van der Waals surface area contributed by atoms with Crippen LogP contribution in [-0.4, -0.2) is 27.3 Å². The van der Waals surface area contributed by atoms with E-state index in [0.717, 1.165) is 11.3 Å². The molecular formula is C22H20O7. The Bertz CT molecular complexity index is 1090. The van der Waals surface area contributed by atoms with Gasteiger partial charge in [-0.2, -0.15) is 0 Å². The zero-order valence-electron chi connectivity index (χ0n) is 16.3. The molecule has 0 aliphatic carbocycles. The molecule has 0 saturated heterocycles. The fraction of sp³-hybridized carbons (Fsp3) is 0.182. The average Bonchev–Trinajstić information content (AvgIpc) is 2.75. The fourth-order valence-corrected chi connectivity index (χ4v) is 2.75. The van der Waals surface area contributed by atoms with Crippen molar-refractivity contribution >= 4 is 23.0 Å². The van der Waals surface area contributed by atoms with E-state index in [1.54, 1.807) is 37.5 Å². The number of hydrogen-bond donors (Lipinski definition) is 0. The molecule has 0 unspecified atom stereocenters. The Balaban J connectivity index is 1.77. The molecule has 29 heavy (non-hydrogen) atoms. The summed E-state index contributed by atoms with van der Waals surface area (Å²) in [5.41, 5.74) is 1.09. The van der Waals surface area contributed by atoms with Gasteiger partial charge < -0.3 is 23.4 Å². The first-order valence-electron chi connectivity index (χ1n) is 8.71. The van der Waals surface area contributed by atoms with Crippen LogP contribution in [0.4, 0.5) is 0 Å². The number of rotatable bonds is 7. The molecule has 0 fully saturated rings. The van der Waals surface area contributed by atoms with E-state index in [4.69, 9.17) is 23.4 Å². The van der Waals surface area contributed by atoms with E-state index in [1.165, 1.54) is 26.4 Å². The monoisotopic (exact) mass is 396 g/mol. The van der Waals surface area contributed by atoms with Gasteiger partial charge in [-0.3, -0.25) is 0 Å². The average molecular weight is 396 g/mol. The molecule has 1 heterocycles. The number of methoxy groups -OCH3 is 3. The van der Waals surface area contributed by atoms with Gasteiger partial charge >= 0.3 is 11.6 Å². The molecule has 0 aliphatic heterocycles. The number of fused-ring (bicyclic) bond motifs is 1. The molecule has 2 aromatic carbocycles. The summed E-state index contributed by atoms with van der Waals surface area (Å²) in [6.45, 7) is -0.0939. The van der Waals surface area contributed by atoms with Crippen LogP contribution in [0.15, 0.2) is 57.8 Å². The van der Waals surface area contributed by atoms with Gasteiger partial charge in [0.05, 0.1) is 21.3 Å². The minimum atomic E-state index is -0.551. The normalized spacial score (nSPS) is 10.9. The summed E-state index contributed by atoms with van der Waals surface area (Å²) in [6.07, 6.45) is 2.95. The van der Waals surface area contributed by atoms with Crippen LogP contribution < -0.4 is 19.8 Å². The first-order chi connectivity index (χ1) is 14.0. The summed E-state index contributed by atoms with van der Waals surface area (Å²) in [6, 6.07) is 11.7. The number of esters is 1. The zero-order chi connectivity index (χ0) is 20.8. The molecule has 0 N–H and O–H groups in total. The van der Waals surface area contributed by atoms with Crippen LogP contribution in [0.5, 0.6) is 17.2 Å². The van der Waals surface area contributed by atoms with Crippen molar-refractivity contribution in [3.8, 4) is 17.2 Å². The van der Waals surface area contributed by atoms with Crippen LogP contribution in [0, 0.1) is 0 Å². The number of ether oxygens (including phenoxy) is 4. The first kappa shape index (κ1) is 20.0. The largest absolute Gasteiger partial charge is 0.497 e. The summed E-state index contributed by atoms with van der Waals surface area (Å²) in [4.78, 5) is 23.9. The summed E-state index contributed by atoms with van der Waals surface area (Å²) in [5.74, 6) is 1.09. The molecule has 1 aromatic heterocycles. The predicted octanol–water partition coefficient (Wildman–Crippen LogP) is 3.58. The maximum absolute atomic E-state index is 12.1. The summed E-state index contributed by atoms with van der Waals surface area (Å²) < 4.78 is 26.1. The van der Waals surface area contributed by atoms with E-state index >= 15 is 0 Å². The van der Waals surface area contributed by atoms with E-state index in [9.17, 15) is 9.59 Å². The highest BCUT2D eigenvalue weighted by molar-refractivity contribution is 5.88. The van der Waals surface area contributed by atoms with Crippen molar-refractivity contribution in [2.24, 2.45) is 0 Å². The predicted molar refractivity (Wildman–Crippen MR) is 107 cm³/mol. The Kier molecular flexibility index (Phi) is 6.19. The molecule has 7 nitrogen and oxygen atoms in total. The number of hydrogen-bond acceptors (Lipinski definition) is 7. The number of carbonyl (C=O) groups excluding carboxylic acids is 1. The number of carbonyl (C=O) groups is 1. The van der Waals surface area contributed by atoms with Crippen molar-refractivity contribution in [3.63, 3.8) is 0 Å². The van der Waals surface area contributed by atoms with Crippen LogP contribution in [0.3, 0.4) is 0 Å². The molecule has 150 valence electrons. The van der Waals surface area contributed by atoms with Crippen molar-refractivity contribution in [1.29, 1.82) is 0 Å². The quantitative estimate of drug-likeness (QED) is 0.343. The van der Waals surface area contributed by atoms with E-state index < -0.39 is 11.6 Å². The smallest absolute Gasteiger partial charge is 0.336 e. The van der Waals surface area contributed by atoms with Crippen LogP contribution in [0.2, 0.25) is 0 Å². The Morgan fingerprint density at radius 2 is 1.66 bits per heavy atom. The van der Waals surface area contributed by atoms with Crippen LogP contribution in [-0.2, 0) is 16.1 Å². The van der Waals surface area contributed by atoms with Crippen LogP contribution in [0.25, 0.3) is 17.0 Å². The first-order valence-corrected chi connectivity index (χ1v) is 8.71. The van der Waals surface area contributed by atoms with Crippen LogP contribution in [0.1, 0.15) is 11.1 Å². The lowest BCUT2D eigenvalue weighted by Crippen LogP contribution is -2.06. The lowest BCUT2D eigenvalue weighted by molar-refractivity contribution is -0.138. The maximum Gasteiger partial charge on any atom is 0.336 e. The second-order valence-electron chi connectivity index (χ2n) is 6.01. The van der Waals surface area contributed by atoms with E-state index in [-0.39, 0.29) is 6.61 Å². The van der Waals surface area contributed by atoms with Gasteiger partial charge in [0.25, 0.3) is 0 Å². The molecule has 0 amide bonds. The molecule has 7 heteroatoms. The highest BCUT2D eigenvalue weighted by Gasteiger charge is 2.13. The third-order valence-electron chi connectivity index (χ3n) is 4.23. The lowest BCUT2D eigenvalue weighted by atomic mass is 10.1. The molecule has 3 rings (SSSR count). The minimum absolute atomic E-state index is 0.0939. The molecule has 0 aliphatic rings. The van der Waals surface area contributed by atoms with Gasteiger partial charge in [-0.05, 0) is 29.8 Å². The molecule has 3 aromatic rings. The highest BCUT2D eigenvalue weighted by Crippen LogP contribution is 2.33. The molecule has 0 radical (unpaired) electrons. The van der Waals surface area contributed by atoms with Gasteiger partial charge in [-0.15, -0.1) is 0 Å². The topological polar surface area (TPSA) is 84.2 Å². The third-order valence-corrected chi connectivity index (χ3v) is 4.23. The molecular weight excluding hydrogens is 376 g/mol. The number of benzene rings is 2. The van der Waals surface area contributed by atoms with Crippen molar-refractivity contribution in [3.05, 3.63) is 70.1 Å². The lowest BCUT2D eigenvalue weighted by Gasteiger charge is -2.11. The Morgan fingerprint density at radius 1 is 0.966 bits per heavy atom. The van der Waals surface area contributed by atoms with Crippen molar-refractivity contribution < 1.29 is 28.2 Å².